The average Bonchev–Trinajstić information content (AvgIpc) is 3.02. The Hall–Kier alpha value is -2.28. The first-order valence-electron chi connectivity index (χ1n) is 6.72. The van der Waals surface area contributed by atoms with Crippen LogP contribution in [0.4, 0.5) is 5.69 Å². The van der Waals surface area contributed by atoms with Gasteiger partial charge in [-0.1, -0.05) is 52.1 Å². The monoisotopic (exact) mass is 381 g/mol. The number of para-hydroxylation sites is 1. The zero-order chi connectivity index (χ0) is 17.1. The standard InChI is InChI=1S/C15H10Cl3N5O/c16-9-5-10(17)7-11(6-9)19-21-15(24)13-8-23(22-20-13)14-4-2-1-3-12(14)18/h1-8,19H,(H,21,24). The molecule has 0 saturated carbocycles. The zero-order valence-corrected chi connectivity index (χ0v) is 14.3. The molecule has 0 saturated heterocycles. The van der Waals surface area contributed by atoms with Crippen molar-refractivity contribution in [1.29, 1.82) is 0 Å². The van der Waals surface area contributed by atoms with Crippen LogP contribution < -0.4 is 10.9 Å². The van der Waals surface area contributed by atoms with E-state index in [9.17, 15) is 4.79 Å². The van der Waals surface area contributed by atoms with Crippen LogP contribution in [0.15, 0.2) is 48.7 Å². The third-order valence-corrected chi connectivity index (χ3v) is 3.76. The van der Waals surface area contributed by atoms with Gasteiger partial charge in [-0.05, 0) is 30.3 Å². The minimum atomic E-state index is -0.468. The number of hydrogen-bond acceptors (Lipinski definition) is 4. The summed E-state index contributed by atoms with van der Waals surface area (Å²) >= 11 is 17.9. The van der Waals surface area contributed by atoms with Crippen molar-refractivity contribution in [3.05, 3.63) is 69.4 Å². The Morgan fingerprint density at radius 3 is 2.46 bits per heavy atom. The predicted molar refractivity (Wildman–Crippen MR) is 93.9 cm³/mol. The molecule has 1 heterocycles. The van der Waals surface area contributed by atoms with Crippen LogP contribution in [0.2, 0.25) is 15.1 Å². The first-order chi connectivity index (χ1) is 11.5. The Balaban J connectivity index is 1.71. The zero-order valence-electron chi connectivity index (χ0n) is 12.0. The summed E-state index contributed by atoms with van der Waals surface area (Å²) in [4.78, 5) is 12.1. The molecule has 9 heteroatoms. The van der Waals surface area contributed by atoms with E-state index >= 15 is 0 Å². The molecule has 0 aliphatic heterocycles. The van der Waals surface area contributed by atoms with Crippen molar-refractivity contribution in [2.24, 2.45) is 0 Å². The fraction of sp³-hybridized carbons (Fsp3) is 0. The maximum atomic E-state index is 12.1. The summed E-state index contributed by atoms with van der Waals surface area (Å²) in [6, 6.07) is 11.9. The summed E-state index contributed by atoms with van der Waals surface area (Å²) in [6.07, 6.45) is 1.48. The van der Waals surface area contributed by atoms with Gasteiger partial charge in [0.25, 0.3) is 5.91 Å². The Bertz CT molecular complexity index is 876. The maximum absolute atomic E-state index is 12.1. The van der Waals surface area contributed by atoms with Gasteiger partial charge in [0, 0.05) is 10.0 Å². The first-order valence-corrected chi connectivity index (χ1v) is 7.86. The van der Waals surface area contributed by atoms with Gasteiger partial charge >= 0.3 is 0 Å². The molecule has 0 fully saturated rings. The molecule has 6 nitrogen and oxygen atoms in total. The van der Waals surface area contributed by atoms with Crippen molar-refractivity contribution >= 4 is 46.4 Å². The Kier molecular flexibility index (Phi) is 4.89. The van der Waals surface area contributed by atoms with Gasteiger partial charge < -0.3 is 0 Å². The summed E-state index contributed by atoms with van der Waals surface area (Å²) in [5.41, 5.74) is 6.49. The molecular formula is C15H10Cl3N5O. The summed E-state index contributed by atoms with van der Waals surface area (Å²) in [6.45, 7) is 0. The number of carbonyl (C=O) groups excluding carboxylic acids is 1. The second-order valence-electron chi connectivity index (χ2n) is 4.74. The van der Waals surface area contributed by atoms with Crippen molar-refractivity contribution in [2.45, 2.75) is 0 Å². The molecule has 24 heavy (non-hydrogen) atoms. The summed E-state index contributed by atoms with van der Waals surface area (Å²) in [5.74, 6) is -0.468. The Morgan fingerprint density at radius 1 is 1.04 bits per heavy atom. The number of rotatable bonds is 4. The lowest BCUT2D eigenvalue weighted by atomic mass is 10.3. The van der Waals surface area contributed by atoms with Crippen LogP contribution in [-0.4, -0.2) is 20.9 Å². The normalized spacial score (nSPS) is 10.5. The van der Waals surface area contributed by atoms with Crippen LogP contribution in [0, 0.1) is 0 Å². The topological polar surface area (TPSA) is 71.8 Å². The highest BCUT2D eigenvalue weighted by atomic mass is 35.5. The number of hydrazine groups is 1. The number of benzene rings is 2. The van der Waals surface area contributed by atoms with E-state index in [0.717, 1.165) is 0 Å². The molecule has 2 aromatic carbocycles. The lowest BCUT2D eigenvalue weighted by Crippen LogP contribution is -2.29. The minimum Gasteiger partial charge on any atom is -0.298 e. The van der Waals surface area contributed by atoms with E-state index in [0.29, 0.717) is 26.4 Å². The molecule has 1 amide bonds. The highest BCUT2D eigenvalue weighted by molar-refractivity contribution is 6.35. The van der Waals surface area contributed by atoms with Crippen LogP contribution in [0.1, 0.15) is 10.5 Å². The molecule has 0 bridgehead atoms. The molecule has 0 aliphatic carbocycles. The molecule has 3 aromatic rings. The third-order valence-electron chi connectivity index (χ3n) is 3.01. The van der Waals surface area contributed by atoms with E-state index in [-0.39, 0.29) is 5.69 Å². The fourth-order valence-corrected chi connectivity index (χ4v) is 2.69. The summed E-state index contributed by atoms with van der Waals surface area (Å²) in [5, 5.41) is 9.13. The van der Waals surface area contributed by atoms with Crippen LogP contribution in [0.5, 0.6) is 0 Å². The van der Waals surface area contributed by atoms with Gasteiger partial charge in [0.05, 0.1) is 22.6 Å². The van der Waals surface area contributed by atoms with Crippen LogP contribution in [-0.2, 0) is 0 Å². The summed E-state index contributed by atoms with van der Waals surface area (Å²) < 4.78 is 1.42. The second-order valence-corrected chi connectivity index (χ2v) is 6.02. The highest BCUT2D eigenvalue weighted by Gasteiger charge is 2.12. The largest absolute Gasteiger partial charge is 0.298 e. The van der Waals surface area contributed by atoms with Crippen molar-refractivity contribution in [2.75, 3.05) is 5.43 Å². The van der Waals surface area contributed by atoms with Gasteiger partial charge in [-0.2, -0.15) is 0 Å². The third kappa shape index (κ3) is 3.79. The number of carbonyl (C=O) groups is 1. The highest BCUT2D eigenvalue weighted by Crippen LogP contribution is 2.22. The van der Waals surface area contributed by atoms with Crippen LogP contribution >= 0.6 is 34.8 Å². The van der Waals surface area contributed by atoms with Crippen molar-refractivity contribution in [3.63, 3.8) is 0 Å². The molecule has 0 unspecified atom stereocenters. The Labute approximate surface area is 152 Å². The molecule has 0 radical (unpaired) electrons. The molecule has 2 N–H and O–H groups in total. The fourth-order valence-electron chi connectivity index (χ4n) is 1.94. The van der Waals surface area contributed by atoms with Gasteiger partial charge in [0.15, 0.2) is 5.69 Å². The number of nitrogens with zero attached hydrogens (tertiary/aromatic N) is 3. The van der Waals surface area contributed by atoms with E-state index in [1.807, 2.05) is 6.07 Å². The van der Waals surface area contributed by atoms with Gasteiger partial charge in [-0.15, -0.1) is 5.10 Å². The molecule has 0 aliphatic rings. The van der Waals surface area contributed by atoms with Crippen molar-refractivity contribution in [3.8, 4) is 5.69 Å². The van der Waals surface area contributed by atoms with Gasteiger partial charge in [-0.25, -0.2) is 4.68 Å². The van der Waals surface area contributed by atoms with E-state index < -0.39 is 5.91 Å². The van der Waals surface area contributed by atoms with E-state index in [2.05, 4.69) is 21.2 Å². The Morgan fingerprint density at radius 2 is 1.75 bits per heavy atom. The quantitative estimate of drug-likeness (QED) is 0.669. The molecule has 1 aromatic heterocycles. The van der Waals surface area contributed by atoms with Gasteiger partial charge in [0.1, 0.15) is 0 Å². The number of amides is 1. The van der Waals surface area contributed by atoms with E-state index in [4.69, 9.17) is 34.8 Å². The van der Waals surface area contributed by atoms with Crippen molar-refractivity contribution < 1.29 is 4.79 Å². The van der Waals surface area contributed by atoms with Crippen molar-refractivity contribution in [1.82, 2.24) is 20.4 Å². The van der Waals surface area contributed by atoms with E-state index in [1.165, 1.54) is 10.9 Å². The summed E-state index contributed by atoms with van der Waals surface area (Å²) in [7, 11) is 0. The lowest BCUT2D eigenvalue weighted by Gasteiger charge is -2.07. The molecule has 122 valence electrons. The number of hydrogen-bond donors (Lipinski definition) is 2. The molecule has 0 spiro atoms. The number of nitrogens with one attached hydrogen (secondary N) is 2. The number of anilines is 1. The van der Waals surface area contributed by atoms with Crippen LogP contribution in [0.25, 0.3) is 5.69 Å². The molecular weight excluding hydrogens is 373 g/mol. The lowest BCUT2D eigenvalue weighted by molar-refractivity contribution is 0.0957. The number of halogens is 3. The maximum Gasteiger partial charge on any atom is 0.291 e. The van der Waals surface area contributed by atoms with Gasteiger partial charge in [-0.3, -0.25) is 15.6 Å². The van der Waals surface area contributed by atoms with E-state index in [1.54, 1.807) is 36.4 Å². The minimum absolute atomic E-state index is 0.121. The van der Waals surface area contributed by atoms with Gasteiger partial charge in [0.2, 0.25) is 0 Å². The number of aromatic nitrogens is 3. The molecule has 0 atom stereocenters. The SMILES string of the molecule is O=C(NNc1cc(Cl)cc(Cl)c1)c1cn(-c2ccccc2Cl)nn1. The average molecular weight is 383 g/mol. The smallest absolute Gasteiger partial charge is 0.291 e. The predicted octanol–water partition coefficient (Wildman–Crippen LogP) is 3.98. The first kappa shape index (κ1) is 16.6. The molecule has 3 rings (SSSR count). The second kappa shape index (κ2) is 7.09. The van der Waals surface area contributed by atoms with Crippen LogP contribution in [0.3, 0.4) is 0 Å².